The maximum atomic E-state index is 11.6. The van der Waals surface area contributed by atoms with Crippen molar-refractivity contribution in [2.45, 2.75) is 25.7 Å². The van der Waals surface area contributed by atoms with Crippen molar-refractivity contribution in [3.8, 4) is 0 Å². The molecule has 0 aromatic carbocycles. The van der Waals surface area contributed by atoms with Crippen LogP contribution in [0.3, 0.4) is 0 Å². The summed E-state index contributed by atoms with van der Waals surface area (Å²) in [5.74, 6) is -0.987. The number of rotatable bonds is 7. The fourth-order valence-corrected chi connectivity index (χ4v) is 1.62. The Morgan fingerprint density at radius 2 is 2.06 bits per heavy atom. The number of nitrogens with zero attached hydrogens (tertiary/aromatic N) is 1. The number of aliphatic carboxylic acids is 1. The van der Waals surface area contributed by atoms with Gasteiger partial charge in [0.15, 0.2) is 0 Å². The molecule has 98 valence electrons. The molecule has 0 radical (unpaired) electrons. The van der Waals surface area contributed by atoms with Crippen molar-refractivity contribution < 1.29 is 14.7 Å². The Hall–Kier alpha value is -1.43. The van der Waals surface area contributed by atoms with Gasteiger partial charge >= 0.3 is 5.97 Å². The number of carbonyl (C=O) groups excluding carboxylic acids is 1. The molecule has 0 spiro atoms. The van der Waals surface area contributed by atoms with E-state index in [1.165, 1.54) is 0 Å². The number of amides is 1. The minimum Gasteiger partial charge on any atom is -0.481 e. The Morgan fingerprint density at radius 3 is 2.67 bits per heavy atom. The quantitative estimate of drug-likeness (QED) is 0.756. The average molecular weight is 315 g/mol. The number of hydrogen-bond donors (Lipinski definition) is 2. The molecular formula is C12H15BrN2O3. The summed E-state index contributed by atoms with van der Waals surface area (Å²) >= 11 is 3.25. The van der Waals surface area contributed by atoms with Gasteiger partial charge < -0.3 is 10.4 Å². The van der Waals surface area contributed by atoms with Gasteiger partial charge in [0.25, 0.3) is 5.91 Å². The summed E-state index contributed by atoms with van der Waals surface area (Å²) < 4.78 is 0.827. The molecule has 0 aliphatic heterocycles. The van der Waals surface area contributed by atoms with Crippen LogP contribution in [-0.4, -0.2) is 28.5 Å². The van der Waals surface area contributed by atoms with E-state index in [9.17, 15) is 9.59 Å². The molecule has 0 saturated heterocycles. The molecule has 1 aromatic heterocycles. The second-order valence-electron chi connectivity index (χ2n) is 3.82. The van der Waals surface area contributed by atoms with E-state index >= 15 is 0 Å². The summed E-state index contributed by atoms with van der Waals surface area (Å²) in [6.45, 7) is 0.538. The number of aromatic nitrogens is 1. The highest BCUT2D eigenvalue weighted by Crippen LogP contribution is 2.07. The third-order valence-electron chi connectivity index (χ3n) is 2.31. The van der Waals surface area contributed by atoms with Crippen LogP contribution in [0, 0.1) is 0 Å². The van der Waals surface area contributed by atoms with Crippen LogP contribution in [0.1, 0.15) is 36.2 Å². The Labute approximate surface area is 114 Å². The minimum atomic E-state index is -0.780. The summed E-state index contributed by atoms with van der Waals surface area (Å²) in [7, 11) is 0. The normalized spacial score (nSPS) is 10.1. The van der Waals surface area contributed by atoms with Crippen molar-refractivity contribution in [2.75, 3.05) is 6.54 Å². The van der Waals surface area contributed by atoms with Gasteiger partial charge in [-0.15, -0.1) is 0 Å². The fraction of sp³-hybridized carbons (Fsp3) is 0.417. The average Bonchev–Trinajstić information content (AvgIpc) is 2.34. The second-order valence-corrected chi connectivity index (χ2v) is 4.74. The highest BCUT2D eigenvalue weighted by Gasteiger charge is 2.05. The minimum absolute atomic E-state index is 0.183. The van der Waals surface area contributed by atoms with Crippen LogP contribution in [0.25, 0.3) is 0 Å². The smallest absolute Gasteiger partial charge is 0.303 e. The molecule has 0 aliphatic rings. The standard InChI is InChI=1S/C12H15BrN2O3/c13-9-5-6-10(15-8-9)12(18)14-7-3-1-2-4-11(16)17/h5-6,8H,1-4,7H2,(H,14,18)(H,16,17). The first-order chi connectivity index (χ1) is 8.59. The lowest BCUT2D eigenvalue weighted by Gasteiger charge is -2.04. The number of carboxylic acids is 1. The van der Waals surface area contributed by atoms with Gasteiger partial charge in [0.2, 0.25) is 0 Å². The summed E-state index contributed by atoms with van der Waals surface area (Å²) in [6, 6.07) is 3.40. The van der Waals surface area contributed by atoms with E-state index in [0.717, 1.165) is 17.3 Å². The molecule has 0 saturated carbocycles. The van der Waals surface area contributed by atoms with Crippen LogP contribution in [-0.2, 0) is 4.79 Å². The summed E-state index contributed by atoms with van der Waals surface area (Å²) in [5.41, 5.74) is 0.378. The third-order valence-corrected chi connectivity index (χ3v) is 2.78. The van der Waals surface area contributed by atoms with Gasteiger partial charge in [0.05, 0.1) is 0 Å². The van der Waals surface area contributed by atoms with Gasteiger partial charge in [-0.05, 0) is 40.9 Å². The molecular weight excluding hydrogens is 300 g/mol. The lowest BCUT2D eigenvalue weighted by Crippen LogP contribution is -2.25. The number of unbranched alkanes of at least 4 members (excludes halogenated alkanes) is 2. The predicted octanol–water partition coefficient (Wildman–Crippen LogP) is 2.22. The summed E-state index contributed by atoms with van der Waals surface area (Å²) in [6.07, 6.45) is 3.96. The molecule has 1 amide bonds. The predicted molar refractivity (Wildman–Crippen MR) is 70.4 cm³/mol. The zero-order valence-electron chi connectivity index (χ0n) is 9.86. The Kier molecular flexibility index (Phi) is 6.35. The Balaban J connectivity index is 2.17. The SMILES string of the molecule is O=C(O)CCCCCNC(=O)c1ccc(Br)cn1. The number of hydrogen-bond acceptors (Lipinski definition) is 3. The molecule has 0 bridgehead atoms. The van der Waals surface area contributed by atoms with Gasteiger partial charge in [-0.3, -0.25) is 9.59 Å². The van der Waals surface area contributed by atoms with Crippen LogP contribution in [0.5, 0.6) is 0 Å². The first kappa shape index (κ1) is 14.6. The second kappa shape index (κ2) is 7.81. The fourth-order valence-electron chi connectivity index (χ4n) is 1.38. The highest BCUT2D eigenvalue weighted by molar-refractivity contribution is 9.10. The van der Waals surface area contributed by atoms with Crippen LogP contribution in [0.15, 0.2) is 22.8 Å². The summed E-state index contributed by atoms with van der Waals surface area (Å²) in [4.78, 5) is 25.9. The van der Waals surface area contributed by atoms with Crippen molar-refractivity contribution in [1.82, 2.24) is 10.3 Å². The van der Waals surface area contributed by atoms with Crippen molar-refractivity contribution >= 4 is 27.8 Å². The molecule has 0 unspecified atom stereocenters. The topological polar surface area (TPSA) is 79.3 Å². The molecule has 5 nitrogen and oxygen atoms in total. The zero-order valence-corrected chi connectivity index (χ0v) is 11.4. The largest absolute Gasteiger partial charge is 0.481 e. The number of halogens is 1. The van der Waals surface area contributed by atoms with Crippen molar-refractivity contribution in [3.05, 3.63) is 28.5 Å². The van der Waals surface area contributed by atoms with Crippen LogP contribution in [0.4, 0.5) is 0 Å². The van der Waals surface area contributed by atoms with Gasteiger partial charge in [0, 0.05) is 23.6 Å². The number of carboxylic acid groups (broad SMARTS) is 1. The van der Waals surface area contributed by atoms with Crippen molar-refractivity contribution in [1.29, 1.82) is 0 Å². The lowest BCUT2D eigenvalue weighted by molar-refractivity contribution is -0.137. The molecule has 1 aromatic rings. The molecule has 6 heteroatoms. The molecule has 1 heterocycles. The molecule has 0 atom stereocenters. The molecule has 18 heavy (non-hydrogen) atoms. The maximum Gasteiger partial charge on any atom is 0.303 e. The van der Waals surface area contributed by atoms with Gasteiger partial charge in [0.1, 0.15) is 5.69 Å². The molecule has 2 N–H and O–H groups in total. The monoisotopic (exact) mass is 314 g/mol. The Bertz CT molecular complexity index is 406. The van der Waals surface area contributed by atoms with Crippen molar-refractivity contribution in [3.63, 3.8) is 0 Å². The first-order valence-corrected chi connectivity index (χ1v) is 6.50. The highest BCUT2D eigenvalue weighted by atomic mass is 79.9. The van der Waals surface area contributed by atoms with Gasteiger partial charge in [-0.1, -0.05) is 6.42 Å². The van der Waals surface area contributed by atoms with Crippen LogP contribution in [0.2, 0.25) is 0 Å². The lowest BCUT2D eigenvalue weighted by atomic mass is 10.2. The van der Waals surface area contributed by atoms with E-state index in [4.69, 9.17) is 5.11 Å². The summed E-state index contributed by atoms with van der Waals surface area (Å²) in [5, 5.41) is 11.2. The van der Waals surface area contributed by atoms with E-state index in [1.807, 2.05) is 0 Å². The van der Waals surface area contributed by atoms with E-state index in [0.29, 0.717) is 18.7 Å². The molecule has 0 fully saturated rings. The van der Waals surface area contributed by atoms with E-state index in [-0.39, 0.29) is 12.3 Å². The van der Waals surface area contributed by atoms with Gasteiger partial charge in [-0.25, -0.2) is 4.98 Å². The van der Waals surface area contributed by atoms with E-state index in [2.05, 4.69) is 26.2 Å². The molecule has 0 aliphatic carbocycles. The number of nitrogens with one attached hydrogen (secondary N) is 1. The zero-order chi connectivity index (χ0) is 13.4. The van der Waals surface area contributed by atoms with Crippen LogP contribution < -0.4 is 5.32 Å². The van der Waals surface area contributed by atoms with Crippen molar-refractivity contribution in [2.24, 2.45) is 0 Å². The van der Waals surface area contributed by atoms with Crippen LogP contribution >= 0.6 is 15.9 Å². The third kappa shape index (κ3) is 5.77. The number of pyridine rings is 1. The van der Waals surface area contributed by atoms with E-state index < -0.39 is 5.97 Å². The Morgan fingerprint density at radius 1 is 1.28 bits per heavy atom. The van der Waals surface area contributed by atoms with Gasteiger partial charge in [-0.2, -0.15) is 0 Å². The maximum absolute atomic E-state index is 11.6. The number of carbonyl (C=O) groups is 2. The molecule has 1 rings (SSSR count). The first-order valence-electron chi connectivity index (χ1n) is 5.71. The van der Waals surface area contributed by atoms with E-state index in [1.54, 1.807) is 18.3 Å².